The van der Waals surface area contributed by atoms with Gasteiger partial charge >= 0.3 is 5.97 Å². The van der Waals surface area contributed by atoms with Gasteiger partial charge < -0.3 is 14.5 Å². The van der Waals surface area contributed by atoms with Gasteiger partial charge in [0.05, 0.1) is 6.61 Å². The number of hydrogen-bond donors (Lipinski definition) is 1. The topological polar surface area (TPSA) is 68.5 Å². The number of rotatable bonds is 10. The first-order valence-corrected chi connectivity index (χ1v) is 12.5. The van der Waals surface area contributed by atoms with E-state index in [9.17, 15) is 9.59 Å². The number of nitrogens with one attached hydrogen (secondary N) is 1. The molecule has 1 amide bonds. The standard InChI is InChI=1S/C25H28ClNO4S/c1-4-6-20-19-12-9-17(16-7-10-18(26)11-8-16)15-22(19)31-23(20)24(28)27-21(13-14-32-3)25(29)30-5-2/h7-12,15,21H,4-6,13-14H2,1-3H3,(H,27,28)/t21-/m0/s1. The highest BCUT2D eigenvalue weighted by Gasteiger charge is 2.26. The van der Waals surface area contributed by atoms with Gasteiger partial charge in [0, 0.05) is 16.0 Å². The number of thioether (sulfide) groups is 1. The summed E-state index contributed by atoms with van der Waals surface area (Å²) in [5, 5.41) is 4.41. The molecule has 0 aliphatic carbocycles. The minimum absolute atomic E-state index is 0.258. The molecule has 0 fully saturated rings. The molecule has 0 aliphatic heterocycles. The summed E-state index contributed by atoms with van der Waals surface area (Å²) in [5.41, 5.74) is 3.48. The van der Waals surface area contributed by atoms with Gasteiger partial charge in [0.2, 0.25) is 0 Å². The van der Waals surface area contributed by atoms with Gasteiger partial charge in [-0.15, -0.1) is 0 Å². The lowest BCUT2D eigenvalue weighted by Gasteiger charge is -2.16. The molecule has 1 N–H and O–H groups in total. The maximum Gasteiger partial charge on any atom is 0.328 e. The number of hydrogen-bond acceptors (Lipinski definition) is 5. The number of aryl methyl sites for hydroxylation is 1. The van der Waals surface area contributed by atoms with E-state index in [-0.39, 0.29) is 12.4 Å². The molecule has 0 saturated heterocycles. The van der Waals surface area contributed by atoms with E-state index < -0.39 is 17.9 Å². The van der Waals surface area contributed by atoms with E-state index >= 15 is 0 Å². The summed E-state index contributed by atoms with van der Waals surface area (Å²) in [6, 6.07) is 12.8. The zero-order chi connectivity index (χ0) is 23.1. The summed E-state index contributed by atoms with van der Waals surface area (Å²) in [5.74, 6) is 0.175. The Bertz CT molecular complexity index is 1080. The van der Waals surface area contributed by atoms with Crippen LogP contribution in [0.25, 0.3) is 22.1 Å². The van der Waals surface area contributed by atoms with Crippen molar-refractivity contribution in [2.45, 2.75) is 39.2 Å². The number of furan rings is 1. The van der Waals surface area contributed by atoms with E-state index in [1.165, 1.54) is 0 Å². The third-order valence-electron chi connectivity index (χ3n) is 5.16. The number of amides is 1. The first-order valence-electron chi connectivity index (χ1n) is 10.8. The average Bonchev–Trinajstić information content (AvgIpc) is 3.15. The fraction of sp³-hybridized carbons (Fsp3) is 0.360. The molecule has 2 aromatic carbocycles. The predicted octanol–water partition coefficient (Wildman–Crippen LogP) is 6.12. The molecule has 0 radical (unpaired) electrons. The van der Waals surface area contributed by atoms with E-state index in [1.807, 2.05) is 48.7 Å². The molecule has 1 aromatic heterocycles. The van der Waals surface area contributed by atoms with Crippen LogP contribution in [0.4, 0.5) is 0 Å². The van der Waals surface area contributed by atoms with Gasteiger partial charge in [0.1, 0.15) is 11.6 Å². The van der Waals surface area contributed by atoms with E-state index in [2.05, 4.69) is 12.2 Å². The summed E-state index contributed by atoms with van der Waals surface area (Å²) in [6.07, 6.45) is 4.02. The van der Waals surface area contributed by atoms with Crippen molar-refractivity contribution < 1.29 is 18.7 Å². The minimum atomic E-state index is -0.706. The lowest BCUT2D eigenvalue weighted by atomic mass is 10.0. The zero-order valence-corrected chi connectivity index (χ0v) is 20.1. The quantitative estimate of drug-likeness (QED) is 0.359. The Balaban J connectivity index is 1.94. The average molecular weight is 474 g/mol. The van der Waals surface area contributed by atoms with Crippen LogP contribution in [0.3, 0.4) is 0 Å². The van der Waals surface area contributed by atoms with Crippen LogP contribution in [-0.2, 0) is 16.0 Å². The highest BCUT2D eigenvalue weighted by Crippen LogP contribution is 2.32. The van der Waals surface area contributed by atoms with Crippen LogP contribution in [0.1, 0.15) is 42.8 Å². The van der Waals surface area contributed by atoms with Gasteiger partial charge in [-0.1, -0.05) is 49.2 Å². The van der Waals surface area contributed by atoms with Crippen LogP contribution < -0.4 is 5.32 Å². The smallest absolute Gasteiger partial charge is 0.328 e. The Morgan fingerprint density at radius 1 is 1.12 bits per heavy atom. The lowest BCUT2D eigenvalue weighted by molar-refractivity contribution is -0.145. The van der Waals surface area contributed by atoms with Crippen molar-refractivity contribution in [3.63, 3.8) is 0 Å². The normalized spacial score (nSPS) is 12.0. The molecule has 32 heavy (non-hydrogen) atoms. The molecule has 3 rings (SSSR count). The van der Waals surface area contributed by atoms with Gasteiger partial charge in [-0.05, 0) is 61.1 Å². The Labute approximate surface area is 197 Å². The van der Waals surface area contributed by atoms with E-state index in [1.54, 1.807) is 18.7 Å². The molecule has 0 spiro atoms. The Kier molecular flexibility index (Phi) is 8.65. The number of fused-ring (bicyclic) bond motifs is 1. The first kappa shape index (κ1) is 24.2. The van der Waals surface area contributed by atoms with Crippen molar-refractivity contribution in [2.24, 2.45) is 0 Å². The van der Waals surface area contributed by atoms with Crippen molar-refractivity contribution in [2.75, 3.05) is 18.6 Å². The second kappa shape index (κ2) is 11.4. The molecule has 0 saturated carbocycles. The lowest BCUT2D eigenvalue weighted by Crippen LogP contribution is -2.42. The summed E-state index contributed by atoms with van der Waals surface area (Å²) in [4.78, 5) is 25.5. The zero-order valence-electron chi connectivity index (χ0n) is 18.6. The Morgan fingerprint density at radius 3 is 2.50 bits per heavy atom. The van der Waals surface area contributed by atoms with Gasteiger partial charge in [-0.3, -0.25) is 4.79 Å². The van der Waals surface area contributed by atoms with E-state index in [0.29, 0.717) is 23.4 Å². The van der Waals surface area contributed by atoms with Crippen molar-refractivity contribution in [3.8, 4) is 11.1 Å². The van der Waals surface area contributed by atoms with Crippen LogP contribution in [0.2, 0.25) is 5.02 Å². The third-order valence-corrected chi connectivity index (χ3v) is 6.06. The number of carbonyl (C=O) groups excluding carboxylic acids is 2. The Hall–Kier alpha value is -2.44. The van der Waals surface area contributed by atoms with Crippen molar-refractivity contribution >= 4 is 46.2 Å². The number of ether oxygens (including phenoxy) is 1. The summed E-state index contributed by atoms with van der Waals surface area (Å²) in [7, 11) is 0. The van der Waals surface area contributed by atoms with Gasteiger partial charge in [-0.25, -0.2) is 4.79 Å². The highest BCUT2D eigenvalue weighted by atomic mass is 35.5. The predicted molar refractivity (Wildman–Crippen MR) is 132 cm³/mol. The van der Waals surface area contributed by atoms with Crippen LogP contribution in [0.5, 0.6) is 0 Å². The van der Waals surface area contributed by atoms with Gasteiger partial charge in [0.25, 0.3) is 5.91 Å². The molecule has 3 aromatic rings. The Morgan fingerprint density at radius 2 is 1.84 bits per heavy atom. The van der Waals surface area contributed by atoms with Crippen molar-refractivity contribution in [1.82, 2.24) is 5.32 Å². The maximum atomic E-state index is 13.2. The second-order valence-corrected chi connectivity index (χ2v) is 8.86. The molecular weight excluding hydrogens is 446 g/mol. The van der Waals surface area contributed by atoms with Crippen molar-refractivity contribution in [3.05, 3.63) is 58.8 Å². The maximum absolute atomic E-state index is 13.2. The number of esters is 1. The molecule has 5 nitrogen and oxygen atoms in total. The summed E-state index contributed by atoms with van der Waals surface area (Å²) >= 11 is 7.62. The van der Waals surface area contributed by atoms with Crippen molar-refractivity contribution in [1.29, 1.82) is 0 Å². The molecule has 0 aliphatic rings. The summed E-state index contributed by atoms with van der Waals surface area (Å²) < 4.78 is 11.2. The molecule has 170 valence electrons. The minimum Gasteiger partial charge on any atom is -0.464 e. The van der Waals surface area contributed by atoms with E-state index in [0.717, 1.165) is 34.3 Å². The molecule has 7 heteroatoms. The van der Waals surface area contributed by atoms with Crippen LogP contribution in [0.15, 0.2) is 46.9 Å². The van der Waals surface area contributed by atoms with Gasteiger partial charge in [-0.2, -0.15) is 11.8 Å². The van der Waals surface area contributed by atoms with Crippen LogP contribution >= 0.6 is 23.4 Å². The van der Waals surface area contributed by atoms with E-state index in [4.69, 9.17) is 20.8 Å². The fourth-order valence-corrected chi connectivity index (χ4v) is 4.20. The molecular formula is C25H28ClNO4S. The second-order valence-electron chi connectivity index (χ2n) is 7.44. The molecule has 0 unspecified atom stereocenters. The number of carbonyl (C=O) groups is 2. The monoisotopic (exact) mass is 473 g/mol. The first-order chi connectivity index (χ1) is 15.5. The SMILES string of the molecule is CCCc1c(C(=O)N[C@@H](CCSC)C(=O)OCC)oc2cc(-c3ccc(Cl)cc3)ccc12. The van der Waals surface area contributed by atoms with Crippen LogP contribution in [0, 0.1) is 0 Å². The summed E-state index contributed by atoms with van der Waals surface area (Å²) in [6.45, 7) is 4.08. The number of halogens is 1. The number of benzene rings is 2. The molecule has 1 heterocycles. The van der Waals surface area contributed by atoms with Crippen LogP contribution in [-0.4, -0.2) is 36.5 Å². The third kappa shape index (κ3) is 5.67. The van der Waals surface area contributed by atoms with Gasteiger partial charge in [0.15, 0.2) is 5.76 Å². The molecule has 1 atom stereocenters. The molecule has 0 bridgehead atoms. The fourth-order valence-electron chi connectivity index (χ4n) is 3.60. The largest absolute Gasteiger partial charge is 0.464 e. The highest BCUT2D eigenvalue weighted by molar-refractivity contribution is 7.98.